The van der Waals surface area contributed by atoms with Crippen LogP contribution in [0.3, 0.4) is 0 Å². The topological polar surface area (TPSA) is 81.9 Å². The van der Waals surface area contributed by atoms with Crippen molar-refractivity contribution in [1.29, 1.82) is 0 Å². The number of rotatable bonds is 7. The van der Waals surface area contributed by atoms with Gasteiger partial charge < -0.3 is 14.0 Å². The number of ether oxygens (including phenoxy) is 2. The van der Waals surface area contributed by atoms with Crippen molar-refractivity contribution >= 4 is 34.0 Å². The van der Waals surface area contributed by atoms with E-state index in [0.29, 0.717) is 26.9 Å². The average molecular weight is 518 g/mol. The zero-order valence-corrected chi connectivity index (χ0v) is 19.7. The first-order chi connectivity index (χ1) is 16.6. The molecule has 1 heterocycles. The largest absolute Gasteiger partial charge is 0.493 e. The Hall–Kier alpha value is -4.17. The number of carbonyl (C=O) groups is 2. The SMILES string of the molecule is COc1cc(/C=N\NC(=O)c2ccccc2-n2cccc2)cc(Br)c1OC(=O)c1ccccc1. The second kappa shape index (κ2) is 10.6. The number of para-hydroxylation sites is 1. The molecule has 34 heavy (non-hydrogen) atoms. The van der Waals surface area contributed by atoms with Gasteiger partial charge in [-0.1, -0.05) is 30.3 Å². The molecule has 0 bridgehead atoms. The number of amides is 1. The Kier molecular flexibility index (Phi) is 7.19. The zero-order valence-electron chi connectivity index (χ0n) is 18.1. The first-order valence-corrected chi connectivity index (χ1v) is 11.1. The minimum atomic E-state index is -0.505. The van der Waals surface area contributed by atoms with E-state index in [0.717, 1.165) is 5.69 Å². The Morgan fingerprint density at radius 1 is 0.971 bits per heavy atom. The van der Waals surface area contributed by atoms with Gasteiger partial charge in [0.2, 0.25) is 0 Å². The first-order valence-electron chi connectivity index (χ1n) is 10.3. The summed E-state index contributed by atoms with van der Waals surface area (Å²) in [6.45, 7) is 0. The van der Waals surface area contributed by atoms with E-state index >= 15 is 0 Å². The lowest BCUT2D eigenvalue weighted by Gasteiger charge is -2.12. The van der Waals surface area contributed by atoms with E-state index in [1.165, 1.54) is 13.3 Å². The highest BCUT2D eigenvalue weighted by molar-refractivity contribution is 9.10. The van der Waals surface area contributed by atoms with Crippen molar-refractivity contribution in [3.63, 3.8) is 0 Å². The van der Waals surface area contributed by atoms with Gasteiger partial charge in [0.05, 0.1) is 34.6 Å². The number of carbonyl (C=O) groups excluding carboxylic acids is 2. The number of hydrogen-bond acceptors (Lipinski definition) is 5. The molecule has 0 saturated carbocycles. The minimum Gasteiger partial charge on any atom is -0.493 e. The molecule has 4 aromatic rings. The molecule has 0 aliphatic carbocycles. The van der Waals surface area contributed by atoms with Crippen LogP contribution in [0.1, 0.15) is 26.3 Å². The summed E-state index contributed by atoms with van der Waals surface area (Å²) in [5, 5.41) is 4.08. The van der Waals surface area contributed by atoms with Crippen LogP contribution in [0, 0.1) is 0 Å². The molecule has 0 fully saturated rings. The van der Waals surface area contributed by atoms with Gasteiger partial charge in [-0.3, -0.25) is 4.79 Å². The minimum absolute atomic E-state index is 0.248. The number of hydrazone groups is 1. The van der Waals surface area contributed by atoms with Crippen molar-refractivity contribution in [2.75, 3.05) is 7.11 Å². The summed E-state index contributed by atoms with van der Waals surface area (Å²) in [4.78, 5) is 25.2. The van der Waals surface area contributed by atoms with Crippen molar-refractivity contribution in [1.82, 2.24) is 9.99 Å². The highest BCUT2D eigenvalue weighted by atomic mass is 79.9. The molecule has 7 nitrogen and oxygen atoms in total. The number of nitrogens with zero attached hydrogens (tertiary/aromatic N) is 2. The third kappa shape index (κ3) is 5.24. The molecule has 0 aliphatic rings. The number of hydrogen-bond donors (Lipinski definition) is 1. The Bertz CT molecular complexity index is 1340. The molecule has 0 spiro atoms. The predicted molar refractivity (Wildman–Crippen MR) is 133 cm³/mol. The fourth-order valence-electron chi connectivity index (χ4n) is 3.25. The number of methoxy groups -OCH3 is 1. The van der Waals surface area contributed by atoms with Crippen LogP contribution in [0.5, 0.6) is 11.5 Å². The Balaban J connectivity index is 1.49. The summed E-state index contributed by atoms with van der Waals surface area (Å²) in [5.74, 6) is -0.266. The van der Waals surface area contributed by atoms with E-state index < -0.39 is 5.97 Å². The first kappa shape index (κ1) is 23.0. The maximum atomic E-state index is 12.7. The molecule has 0 radical (unpaired) electrons. The van der Waals surface area contributed by atoms with Crippen LogP contribution < -0.4 is 14.9 Å². The van der Waals surface area contributed by atoms with Crippen molar-refractivity contribution in [2.24, 2.45) is 5.10 Å². The van der Waals surface area contributed by atoms with Crippen molar-refractivity contribution in [3.8, 4) is 17.2 Å². The zero-order chi connectivity index (χ0) is 23.9. The fourth-order valence-corrected chi connectivity index (χ4v) is 3.79. The lowest BCUT2D eigenvalue weighted by molar-refractivity contribution is 0.0728. The number of halogens is 1. The second-order valence-corrected chi connectivity index (χ2v) is 7.95. The summed E-state index contributed by atoms with van der Waals surface area (Å²) < 4.78 is 13.3. The van der Waals surface area contributed by atoms with Crippen molar-refractivity contribution in [3.05, 3.63) is 112 Å². The maximum absolute atomic E-state index is 12.7. The standard InChI is InChI=1S/C26H20BrN3O4/c1-33-23-16-18(15-21(27)24(23)34-26(32)19-9-3-2-4-10-19)17-28-29-25(31)20-11-5-6-12-22(20)30-13-7-8-14-30/h2-17H,1H3,(H,29,31)/b28-17-. The number of nitrogens with one attached hydrogen (secondary N) is 1. The van der Waals surface area contributed by atoms with Crippen LogP contribution in [0.25, 0.3) is 5.69 Å². The van der Waals surface area contributed by atoms with Crippen LogP contribution >= 0.6 is 15.9 Å². The monoisotopic (exact) mass is 517 g/mol. The van der Waals surface area contributed by atoms with E-state index in [-0.39, 0.29) is 11.7 Å². The van der Waals surface area contributed by atoms with Crippen LogP contribution in [-0.2, 0) is 0 Å². The summed E-state index contributed by atoms with van der Waals surface area (Å²) >= 11 is 3.42. The lowest BCUT2D eigenvalue weighted by atomic mass is 10.1. The number of esters is 1. The quantitative estimate of drug-likeness (QED) is 0.157. The maximum Gasteiger partial charge on any atom is 0.343 e. The third-order valence-electron chi connectivity index (χ3n) is 4.87. The molecule has 0 saturated heterocycles. The highest BCUT2D eigenvalue weighted by Gasteiger charge is 2.17. The summed E-state index contributed by atoms with van der Waals surface area (Å²) in [6, 6.07) is 23.1. The Morgan fingerprint density at radius 2 is 1.68 bits per heavy atom. The number of aromatic nitrogens is 1. The van der Waals surface area contributed by atoms with Gasteiger partial charge in [0.15, 0.2) is 11.5 Å². The summed E-state index contributed by atoms with van der Waals surface area (Å²) in [7, 11) is 1.47. The third-order valence-corrected chi connectivity index (χ3v) is 5.46. The molecule has 0 aliphatic heterocycles. The molecule has 1 amide bonds. The molecule has 170 valence electrons. The molecule has 0 atom stereocenters. The predicted octanol–water partition coefficient (Wildman–Crippen LogP) is 5.23. The van der Waals surface area contributed by atoms with Crippen LogP contribution in [-0.4, -0.2) is 29.8 Å². The summed E-state index contributed by atoms with van der Waals surface area (Å²) in [5.41, 5.74) is 4.83. The van der Waals surface area contributed by atoms with Crippen LogP contribution in [0.4, 0.5) is 0 Å². The second-order valence-electron chi connectivity index (χ2n) is 7.10. The van der Waals surface area contributed by atoms with E-state index in [9.17, 15) is 9.59 Å². The molecular formula is C26H20BrN3O4. The molecule has 4 rings (SSSR count). The van der Waals surface area contributed by atoms with Crippen LogP contribution in [0.15, 0.2) is 101 Å². The van der Waals surface area contributed by atoms with E-state index in [1.807, 2.05) is 47.3 Å². The van der Waals surface area contributed by atoms with Crippen molar-refractivity contribution < 1.29 is 19.1 Å². The highest BCUT2D eigenvalue weighted by Crippen LogP contribution is 2.36. The van der Waals surface area contributed by atoms with Gasteiger partial charge in [0.1, 0.15) is 0 Å². The molecule has 8 heteroatoms. The molecule has 1 aromatic heterocycles. The molecular weight excluding hydrogens is 498 g/mol. The normalized spacial score (nSPS) is 10.8. The molecule has 3 aromatic carbocycles. The smallest absolute Gasteiger partial charge is 0.343 e. The van der Waals surface area contributed by atoms with E-state index in [1.54, 1.807) is 48.5 Å². The Labute approximate surface area is 204 Å². The van der Waals surface area contributed by atoms with Gasteiger partial charge >= 0.3 is 5.97 Å². The lowest BCUT2D eigenvalue weighted by Crippen LogP contribution is -2.19. The molecule has 0 unspecified atom stereocenters. The van der Waals surface area contributed by atoms with Crippen LogP contribution in [0.2, 0.25) is 0 Å². The van der Waals surface area contributed by atoms with Gasteiger partial charge in [-0.25, -0.2) is 10.2 Å². The van der Waals surface area contributed by atoms with E-state index in [4.69, 9.17) is 9.47 Å². The van der Waals surface area contributed by atoms with Crippen molar-refractivity contribution in [2.45, 2.75) is 0 Å². The number of benzene rings is 3. The van der Waals surface area contributed by atoms with Gasteiger partial charge in [-0.05, 0) is 70.0 Å². The molecule has 1 N–H and O–H groups in total. The average Bonchev–Trinajstić information content (AvgIpc) is 3.41. The van der Waals surface area contributed by atoms with Gasteiger partial charge in [-0.15, -0.1) is 0 Å². The Morgan fingerprint density at radius 3 is 2.41 bits per heavy atom. The summed E-state index contributed by atoms with van der Waals surface area (Å²) in [6.07, 6.45) is 5.21. The van der Waals surface area contributed by atoms with Gasteiger partial charge in [0, 0.05) is 12.4 Å². The van der Waals surface area contributed by atoms with E-state index in [2.05, 4.69) is 26.5 Å². The fraction of sp³-hybridized carbons (Fsp3) is 0.0385. The van der Waals surface area contributed by atoms with Gasteiger partial charge in [0.25, 0.3) is 5.91 Å². The van der Waals surface area contributed by atoms with Gasteiger partial charge in [-0.2, -0.15) is 5.10 Å².